The molecule has 114 valence electrons. The Labute approximate surface area is 131 Å². The van der Waals surface area contributed by atoms with Gasteiger partial charge in [0.2, 0.25) is 11.9 Å². The first kappa shape index (κ1) is 14.3. The number of carbonyl (C=O) groups excluding carboxylic acids is 1. The van der Waals surface area contributed by atoms with Crippen molar-refractivity contribution in [2.75, 3.05) is 35.6 Å². The zero-order valence-corrected chi connectivity index (χ0v) is 12.3. The second-order valence-corrected chi connectivity index (χ2v) is 5.12. The maximum Gasteiger partial charge on any atom is 0.239 e. The molecule has 8 nitrogen and oxygen atoms in total. The zero-order valence-electron chi connectivity index (χ0n) is 11.6. The summed E-state index contributed by atoms with van der Waals surface area (Å²) in [5.41, 5.74) is 6.28. The molecule has 1 saturated heterocycles. The molecule has 1 aliphatic heterocycles. The van der Waals surface area contributed by atoms with Crippen LogP contribution in [0.5, 0.6) is 0 Å². The monoisotopic (exact) mass is 319 g/mol. The number of piperazine rings is 1. The molecule has 1 fully saturated rings. The Kier molecular flexibility index (Phi) is 3.92. The summed E-state index contributed by atoms with van der Waals surface area (Å²) in [4.78, 5) is 25.5. The fraction of sp³-hybridized carbons (Fsp3) is 0.231. The fourth-order valence-electron chi connectivity index (χ4n) is 2.13. The first-order valence-corrected chi connectivity index (χ1v) is 7.03. The van der Waals surface area contributed by atoms with Crippen LogP contribution in [0.2, 0.25) is 5.15 Å². The molecular formula is C13H14ClN7O. The van der Waals surface area contributed by atoms with Crippen molar-refractivity contribution in [3.05, 3.63) is 29.5 Å². The Hall–Kier alpha value is -2.61. The van der Waals surface area contributed by atoms with Crippen molar-refractivity contribution in [1.82, 2.24) is 20.3 Å². The molecule has 22 heavy (non-hydrogen) atoms. The van der Waals surface area contributed by atoms with Crippen LogP contribution in [0.15, 0.2) is 24.4 Å². The number of nitrogens with two attached hydrogens (primary N) is 1. The first-order valence-electron chi connectivity index (χ1n) is 6.65. The van der Waals surface area contributed by atoms with E-state index < -0.39 is 0 Å². The standard InChI is InChI=1S/C13H14ClN7O/c14-9-5-10(20-13(15)19-9)18-8-1-2-11(17-6-8)21-4-3-16-12(22)7-21/h1-2,5-6H,3-4,7H2,(H,16,22)(H3,15,18,19,20). The molecule has 2 aromatic heterocycles. The predicted molar refractivity (Wildman–Crippen MR) is 84.2 cm³/mol. The van der Waals surface area contributed by atoms with Crippen molar-refractivity contribution in [2.24, 2.45) is 0 Å². The molecule has 3 rings (SSSR count). The second-order valence-electron chi connectivity index (χ2n) is 4.74. The van der Waals surface area contributed by atoms with Crippen LogP contribution in [0.3, 0.4) is 0 Å². The molecule has 0 unspecified atom stereocenters. The number of nitrogen functional groups attached to an aromatic ring is 1. The largest absolute Gasteiger partial charge is 0.368 e. The normalized spacial score (nSPS) is 14.6. The number of rotatable bonds is 3. The summed E-state index contributed by atoms with van der Waals surface area (Å²) in [6.07, 6.45) is 1.66. The summed E-state index contributed by atoms with van der Waals surface area (Å²) in [5, 5.41) is 6.09. The van der Waals surface area contributed by atoms with Crippen molar-refractivity contribution in [3.8, 4) is 0 Å². The smallest absolute Gasteiger partial charge is 0.239 e. The van der Waals surface area contributed by atoms with Crippen LogP contribution in [0, 0.1) is 0 Å². The van der Waals surface area contributed by atoms with E-state index in [1.54, 1.807) is 12.3 Å². The van der Waals surface area contributed by atoms with Gasteiger partial charge in [-0.15, -0.1) is 0 Å². The highest BCUT2D eigenvalue weighted by Crippen LogP contribution is 2.20. The lowest BCUT2D eigenvalue weighted by Gasteiger charge is -2.27. The van der Waals surface area contributed by atoms with Gasteiger partial charge in [0.1, 0.15) is 16.8 Å². The Morgan fingerprint density at radius 1 is 1.36 bits per heavy atom. The molecular weight excluding hydrogens is 306 g/mol. The molecule has 2 aromatic rings. The third-order valence-corrected chi connectivity index (χ3v) is 3.29. The van der Waals surface area contributed by atoms with Crippen LogP contribution in [0.25, 0.3) is 0 Å². The van der Waals surface area contributed by atoms with Gasteiger partial charge >= 0.3 is 0 Å². The molecule has 4 N–H and O–H groups in total. The lowest BCUT2D eigenvalue weighted by molar-refractivity contribution is -0.120. The van der Waals surface area contributed by atoms with Crippen LogP contribution in [0.1, 0.15) is 0 Å². The van der Waals surface area contributed by atoms with Crippen molar-refractivity contribution in [1.29, 1.82) is 0 Å². The van der Waals surface area contributed by atoms with Gasteiger partial charge < -0.3 is 21.3 Å². The maximum absolute atomic E-state index is 11.4. The summed E-state index contributed by atoms with van der Waals surface area (Å²) in [6, 6.07) is 5.26. The fourth-order valence-corrected chi connectivity index (χ4v) is 2.32. The number of pyridine rings is 1. The molecule has 1 amide bonds. The number of amides is 1. The molecule has 0 atom stereocenters. The Balaban J connectivity index is 1.72. The Morgan fingerprint density at radius 2 is 2.23 bits per heavy atom. The minimum absolute atomic E-state index is 0.00125. The molecule has 9 heteroatoms. The zero-order chi connectivity index (χ0) is 15.5. The average molecular weight is 320 g/mol. The van der Waals surface area contributed by atoms with Crippen LogP contribution >= 0.6 is 11.6 Å². The van der Waals surface area contributed by atoms with Crippen molar-refractivity contribution < 1.29 is 4.79 Å². The van der Waals surface area contributed by atoms with E-state index in [4.69, 9.17) is 17.3 Å². The Morgan fingerprint density at radius 3 is 2.91 bits per heavy atom. The van der Waals surface area contributed by atoms with Crippen molar-refractivity contribution in [2.45, 2.75) is 0 Å². The highest BCUT2D eigenvalue weighted by atomic mass is 35.5. The number of hydrogen-bond acceptors (Lipinski definition) is 7. The van der Waals surface area contributed by atoms with Gasteiger partial charge in [-0.3, -0.25) is 4.79 Å². The molecule has 3 heterocycles. The third-order valence-electron chi connectivity index (χ3n) is 3.09. The Bertz CT molecular complexity index is 671. The third kappa shape index (κ3) is 3.34. The predicted octanol–water partition coefficient (Wildman–Crippen LogP) is 0.787. The van der Waals surface area contributed by atoms with Gasteiger partial charge in [-0.05, 0) is 12.1 Å². The second kappa shape index (κ2) is 6.02. The van der Waals surface area contributed by atoms with Crippen molar-refractivity contribution in [3.63, 3.8) is 0 Å². The minimum Gasteiger partial charge on any atom is -0.368 e. The summed E-state index contributed by atoms with van der Waals surface area (Å²) < 4.78 is 0. The van der Waals surface area contributed by atoms with E-state index in [9.17, 15) is 4.79 Å². The van der Waals surface area contributed by atoms with E-state index in [2.05, 4.69) is 25.6 Å². The quantitative estimate of drug-likeness (QED) is 0.717. The highest BCUT2D eigenvalue weighted by Gasteiger charge is 2.17. The molecule has 0 aliphatic carbocycles. The first-order chi connectivity index (χ1) is 10.6. The summed E-state index contributed by atoms with van der Waals surface area (Å²) >= 11 is 5.83. The lowest BCUT2D eigenvalue weighted by Crippen LogP contribution is -2.48. The van der Waals surface area contributed by atoms with Crippen LogP contribution in [-0.2, 0) is 4.79 Å². The van der Waals surface area contributed by atoms with E-state index in [1.807, 2.05) is 17.0 Å². The van der Waals surface area contributed by atoms with E-state index >= 15 is 0 Å². The molecule has 0 saturated carbocycles. The van der Waals surface area contributed by atoms with Gasteiger partial charge in [-0.2, -0.15) is 4.98 Å². The number of aromatic nitrogens is 3. The molecule has 0 radical (unpaired) electrons. The van der Waals surface area contributed by atoms with Gasteiger partial charge in [0.25, 0.3) is 0 Å². The van der Waals surface area contributed by atoms with E-state index in [0.29, 0.717) is 18.9 Å². The minimum atomic E-state index is 0.00125. The SMILES string of the molecule is Nc1nc(Cl)cc(Nc2ccc(N3CCNC(=O)C3)nc2)n1. The van der Waals surface area contributed by atoms with Crippen LogP contribution in [0.4, 0.5) is 23.3 Å². The van der Waals surface area contributed by atoms with Crippen LogP contribution < -0.4 is 21.3 Å². The molecule has 0 bridgehead atoms. The summed E-state index contributed by atoms with van der Waals surface area (Å²) in [7, 11) is 0. The number of nitrogens with zero attached hydrogens (tertiary/aromatic N) is 4. The van der Waals surface area contributed by atoms with E-state index in [0.717, 1.165) is 18.1 Å². The van der Waals surface area contributed by atoms with Gasteiger partial charge in [0.15, 0.2) is 0 Å². The topological polar surface area (TPSA) is 109 Å². The van der Waals surface area contributed by atoms with Gasteiger partial charge in [-0.1, -0.05) is 11.6 Å². The lowest BCUT2D eigenvalue weighted by atomic mass is 10.3. The maximum atomic E-state index is 11.4. The van der Waals surface area contributed by atoms with Crippen LogP contribution in [-0.4, -0.2) is 40.5 Å². The number of carbonyl (C=O) groups is 1. The highest BCUT2D eigenvalue weighted by molar-refractivity contribution is 6.29. The van der Waals surface area contributed by atoms with Crippen molar-refractivity contribution >= 4 is 40.8 Å². The number of anilines is 4. The number of hydrogen-bond donors (Lipinski definition) is 3. The van der Waals surface area contributed by atoms with E-state index in [-0.39, 0.29) is 17.0 Å². The summed E-state index contributed by atoms with van der Waals surface area (Å²) in [6.45, 7) is 1.68. The molecule has 1 aliphatic rings. The van der Waals surface area contributed by atoms with Gasteiger partial charge in [0.05, 0.1) is 18.4 Å². The summed E-state index contributed by atoms with van der Waals surface area (Å²) in [5.74, 6) is 1.34. The van der Waals surface area contributed by atoms with Gasteiger partial charge in [0, 0.05) is 19.2 Å². The van der Waals surface area contributed by atoms with E-state index in [1.165, 1.54) is 0 Å². The number of nitrogens with one attached hydrogen (secondary N) is 2. The molecule has 0 spiro atoms. The average Bonchev–Trinajstić information content (AvgIpc) is 2.47. The number of halogens is 1. The molecule has 0 aromatic carbocycles. The van der Waals surface area contributed by atoms with Gasteiger partial charge in [-0.25, -0.2) is 9.97 Å².